The predicted molar refractivity (Wildman–Crippen MR) is 70.8 cm³/mol. The van der Waals surface area contributed by atoms with Gasteiger partial charge in [0.1, 0.15) is 6.04 Å². The Kier molecular flexibility index (Phi) is 3.95. The summed E-state index contributed by atoms with van der Waals surface area (Å²) in [7, 11) is 1.34. The van der Waals surface area contributed by atoms with Crippen molar-refractivity contribution in [3.8, 4) is 0 Å². The number of carboxylic acid groups (broad SMARTS) is 1. The van der Waals surface area contributed by atoms with Crippen LogP contribution in [0.3, 0.4) is 0 Å². The van der Waals surface area contributed by atoms with Gasteiger partial charge >= 0.3 is 11.9 Å². The molecule has 0 aromatic heterocycles. The molecule has 1 aliphatic heterocycles. The standard InChI is InChI=1S/C13H14ClNO4/c1-19-13(18)10-3-2-6-15(10)11-7-8(12(16)17)4-5-9(11)14/h4-5,7,10H,2-3,6H2,1H3,(H,16,17). The summed E-state index contributed by atoms with van der Waals surface area (Å²) >= 11 is 6.11. The van der Waals surface area contributed by atoms with Gasteiger partial charge in [0.2, 0.25) is 0 Å². The van der Waals surface area contributed by atoms with Gasteiger partial charge in [-0.05, 0) is 31.0 Å². The first kappa shape index (κ1) is 13.7. The van der Waals surface area contributed by atoms with E-state index in [1.54, 1.807) is 4.90 Å². The molecule has 5 nitrogen and oxygen atoms in total. The lowest BCUT2D eigenvalue weighted by Crippen LogP contribution is -2.37. The Morgan fingerprint density at radius 3 is 2.84 bits per heavy atom. The van der Waals surface area contributed by atoms with Crippen LogP contribution in [0.2, 0.25) is 5.02 Å². The van der Waals surface area contributed by atoms with Gasteiger partial charge in [-0.1, -0.05) is 11.6 Å². The molecule has 19 heavy (non-hydrogen) atoms. The zero-order chi connectivity index (χ0) is 14.0. The van der Waals surface area contributed by atoms with E-state index in [0.717, 1.165) is 6.42 Å². The van der Waals surface area contributed by atoms with Gasteiger partial charge < -0.3 is 14.7 Å². The van der Waals surface area contributed by atoms with Crippen LogP contribution < -0.4 is 4.90 Å². The van der Waals surface area contributed by atoms with E-state index in [1.807, 2.05) is 0 Å². The summed E-state index contributed by atoms with van der Waals surface area (Å²) in [6, 6.07) is 4.07. The zero-order valence-electron chi connectivity index (χ0n) is 10.4. The second-order valence-corrected chi connectivity index (χ2v) is 4.75. The largest absolute Gasteiger partial charge is 0.478 e. The summed E-state index contributed by atoms with van der Waals surface area (Å²) in [6.45, 7) is 0.655. The van der Waals surface area contributed by atoms with Crippen LogP contribution in [-0.2, 0) is 9.53 Å². The van der Waals surface area contributed by atoms with Crippen molar-refractivity contribution >= 4 is 29.2 Å². The lowest BCUT2D eigenvalue weighted by Gasteiger charge is -2.26. The third-order valence-corrected chi connectivity index (χ3v) is 3.55. The van der Waals surface area contributed by atoms with Crippen LogP contribution in [0.15, 0.2) is 18.2 Å². The molecular formula is C13H14ClNO4. The Bertz CT molecular complexity index is 517. The maximum atomic E-state index is 11.7. The lowest BCUT2D eigenvalue weighted by molar-refractivity contribution is -0.141. The maximum Gasteiger partial charge on any atom is 0.335 e. The highest BCUT2D eigenvalue weighted by molar-refractivity contribution is 6.33. The van der Waals surface area contributed by atoms with E-state index in [-0.39, 0.29) is 11.5 Å². The minimum absolute atomic E-state index is 0.148. The van der Waals surface area contributed by atoms with Gasteiger partial charge in [0.05, 0.1) is 23.4 Å². The summed E-state index contributed by atoms with van der Waals surface area (Å²) in [6.07, 6.45) is 1.52. The molecule has 1 unspecified atom stereocenters. The SMILES string of the molecule is COC(=O)C1CCCN1c1cc(C(=O)O)ccc1Cl. The average molecular weight is 284 g/mol. The minimum Gasteiger partial charge on any atom is -0.478 e. The number of carbonyl (C=O) groups excluding carboxylic acids is 1. The molecule has 1 heterocycles. The molecule has 1 aromatic rings. The molecule has 6 heteroatoms. The Morgan fingerprint density at radius 2 is 2.21 bits per heavy atom. The van der Waals surface area contributed by atoms with E-state index < -0.39 is 12.0 Å². The quantitative estimate of drug-likeness (QED) is 0.861. The molecule has 0 aliphatic carbocycles. The molecule has 1 N–H and O–H groups in total. The summed E-state index contributed by atoms with van der Waals surface area (Å²) in [4.78, 5) is 24.5. The highest BCUT2D eigenvalue weighted by atomic mass is 35.5. The number of nitrogens with zero attached hydrogens (tertiary/aromatic N) is 1. The van der Waals surface area contributed by atoms with Gasteiger partial charge in [0.25, 0.3) is 0 Å². The van der Waals surface area contributed by atoms with E-state index in [9.17, 15) is 9.59 Å². The van der Waals surface area contributed by atoms with E-state index in [1.165, 1.54) is 25.3 Å². The van der Waals surface area contributed by atoms with Crippen LogP contribution in [0.4, 0.5) is 5.69 Å². The third kappa shape index (κ3) is 2.66. The first-order valence-electron chi connectivity index (χ1n) is 5.92. The molecule has 1 saturated heterocycles. The van der Waals surface area contributed by atoms with E-state index in [4.69, 9.17) is 21.4 Å². The van der Waals surface area contributed by atoms with Crippen LogP contribution in [0.25, 0.3) is 0 Å². The average Bonchev–Trinajstić information content (AvgIpc) is 2.87. The summed E-state index contributed by atoms with van der Waals surface area (Å²) < 4.78 is 4.76. The van der Waals surface area contributed by atoms with Gasteiger partial charge in [-0.2, -0.15) is 0 Å². The highest BCUT2D eigenvalue weighted by Crippen LogP contribution is 2.33. The number of ether oxygens (including phenoxy) is 1. The fraction of sp³-hybridized carbons (Fsp3) is 0.385. The van der Waals surface area contributed by atoms with Gasteiger partial charge in [0, 0.05) is 6.54 Å². The van der Waals surface area contributed by atoms with Crippen molar-refractivity contribution in [1.29, 1.82) is 0 Å². The number of methoxy groups -OCH3 is 1. The Labute approximate surface area is 115 Å². The lowest BCUT2D eigenvalue weighted by atomic mass is 10.1. The number of halogens is 1. The van der Waals surface area contributed by atoms with Crippen LogP contribution in [0.1, 0.15) is 23.2 Å². The maximum absolute atomic E-state index is 11.7. The van der Waals surface area contributed by atoms with Crippen LogP contribution >= 0.6 is 11.6 Å². The van der Waals surface area contributed by atoms with Crippen molar-refractivity contribution in [3.63, 3.8) is 0 Å². The normalized spacial score (nSPS) is 18.4. The van der Waals surface area contributed by atoms with Crippen molar-refractivity contribution in [3.05, 3.63) is 28.8 Å². The molecule has 0 saturated carbocycles. The number of carboxylic acids is 1. The van der Waals surface area contributed by atoms with Gasteiger partial charge in [-0.15, -0.1) is 0 Å². The number of carbonyl (C=O) groups is 2. The van der Waals surface area contributed by atoms with E-state index in [0.29, 0.717) is 23.7 Å². The van der Waals surface area contributed by atoms with Gasteiger partial charge in [-0.3, -0.25) is 0 Å². The molecule has 0 spiro atoms. The van der Waals surface area contributed by atoms with Crippen LogP contribution in [0.5, 0.6) is 0 Å². The zero-order valence-corrected chi connectivity index (χ0v) is 11.2. The highest BCUT2D eigenvalue weighted by Gasteiger charge is 2.33. The number of hydrogen-bond acceptors (Lipinski definition) is 4. The molecule has 1 fully saturated rings. The van der Waals surface area contributed by atoms with Crippen molar-refractivity contribution in [2.24, 2.45) is 0 Å². The fourth-order valence-electron chi connectivity index (χ4n) is 2.30. The molecule has 0 radical (unpaired) electrons. The monoisotopic (exact) mass is 283 g/mol. The number of benzene rings is 1. The second-order valence-electron chi connectivity index (χ2n) is 4.35. The molecule has 2 rings (SSSR count). The Balaban J connectivity index is 2.37. The number of hydrogen-bond donors (Lipinski definition) is 1. The molecule has 1 atom stereocenters. The van der Waals surface area contributed by atoms with Crippen molar-refractivity contribution in [2.75, 3.05) is 18.6 Å². The number of aromatic carboxylic acids is 1. The topological polar surface area (TPSA) is 66.8 Å². The predicted octanol–water partition coefficient (Wildman–Crippen LogP) is 2.18. The Hall–Kier alpha value is -1.75. The van der Waals surface area contributed by atoms with E-state index >= 15 is 0 Å². The van der Waals surface area contributed by atoms with Gasteiger partial charge in [0.15, 0.2) is 0 Å². The number of esters is 1. The minimum atomic E-state index is -1.02. The molecular weight excluding hydrogens is 270 g/mol. The molecule has 0 amide bonds. The second kappa shape index (κ2) is 5.48. The fourth-order valence-corrected chi connectivity index (χ4v) is 2.53. The van der Waals surface area contributed by atoms with Crippen LogP contribution in [0, 0.1) is 0 Å². The number of anilines is 1. The van der Waals surface area contributed by atoms with Crippen LogP contribution in [-0.4, -0.2) is 36.7 Å². The smallest absolute Gasteiger partial charge is 0.335 e. The first-order valence-corrected chi connectivity index (χ1v) is 6.29. The first-order chi connectivity index (χ1) is 9.04. The summed E-state index contributed by atoms with van der Waals surface area (Å²) in [5.41, 5.74) is 0.712. The van der Waals surface area contributed by atoms with Crippen molar-refractivity contribution < 1.29 is 19.4 Å². The van der Waals surface area contributed by atoms with Crippen molar-refractivity contribution in [1.82, 2.24) is 0 Å². The summed E-state index contributed by atoms with van der Waals surface area (Å²) in [5, 5.41) is 9.44. The third-order valence-electron chi connectivity index (χ3n) is 3.23. The number of rotatable bonds is 3. The molecule has 0 bridgehead atoms. The van der Waals surface area contributed by atoms with Gasteiger partial charge in [-0.25, -0.2) is 9.59 Å². The molecule has 1 aromatic carbocycles. The molecule has 102 valence electrons. The summed E-state index contributed by atoms with van der Waals surface area (Å²) in [5.74, 6) is -1.35. The molecule has 1 aliphatic rings. The van der Waals surface area contributed by atoms with Crippen molar-refractivity contribution in [2.45, 2.75) is 18.9 Å². The van der Waals surface area contributed by atoms with E-state index in [2.05, 4.69) is 0 Å². The Morgan fingerprint density at radius 1 is 1.47 bits per heavy atom.